The van der Waals surface area contributed by atoms with E-state index in [9.17, 15) is 23.3 Å². The largest absolute Gasteiger partial charge is 0.573 e. The predicted octanol–water partition coefficient (Wildman–Crippen LogP) is 4.34. The van der Waals surface area contributed by atoms with E-state index in [4.69, 9.17) is 4.74 Å². The number of benzene rings is 2. The lowest BCUT2D eigenvalue weighted by Crippen LogP contribution is -2.45. The van der Waals surface area contributed by atoms with E-state index in [-0.39, 0.29) is 48.0 Å². The number of ether oxygens (including phenoxy) is 2. The minimum Gasteiger partial charge on any atom is -0.490 e. The molecule has 0 aromatic heterocycles. The number of nitrogens with zero attached hydrogens (tertiary/aromatic N) is 2. The van der Waals surface area contributed by atoms with Crippen LogP contribution in [0.2, 0.25) is 0 Å². The second-order valence-corrected chi connectivity index (χ2v) is 6.49. The van der Waals surface area contributed by atoms with E-state index < -0.39 is 11.3 Å². The number of piperazine rings is 1. The molecule has 1 aliphatic rings. The summed E-state index contributed by atoms with van der Waals surface area (Å²) in [5.74, 6) is -0.173. The molecule has 0 bridgehead atoms. The first-order valence-electron chi connectivity index (χ1n) is 8.91. The van der Waals surface area contributed by atoms with Gasteiger partial charge in [-0.1, -0.05) is 18.2 Å². The van der Waals surface area contributed by atoms with Crippen LogP contribution < -0.4 is 14.8 Å². The third-order valence-electron chi connectivity index (χ3n) is 4.66. The van der Waals surface area contributed by atoms with Gasteiger partial charge in [0.15, 0.2) is 5.75 Å². The number of hydrogen-bond donors (Lipinski definition) is 1. The second-order valence-electron chi connectivity index (χ2n) is 6.49. The van der Waals surface area contributed by atoms with Gasteiger partial charge in [0, 0.05) is 32.2 Å². The van der Waals surface area contributed by atoms with E-state index in [1.54, 1.807) is 18.2 Å². The number of nitro benzene ring substituents is 1. The normalized spacial score (nSPS) is 15.2. The Hall–Kier alpha value is -2.27. The zero-order valence-corrected chi connectivity index (χ0v) is 18.1. The van der Waals surface area contributed by atoms with Crippen molar-refractivity contribution in [3.63, 3.8) is 0 Å². The molecule has 0 spiro atoms. The number of hydrogen-bond acceptors (Lipinski definition) is 6. The van der Waals surface area contributed by atoms with Crippen molar-refractivity contribution in [3.8, 4) is 11.5 Å². The van der Waals surface area contributed by atoms with Gasteiger partial charge in [0.2, 0.25) is 0 Å². The van der Waals surface area contributed by atoms with E-state index >= 15 is 0 Å². The molecule has 31 heavy (non-hydrogen) atoms. The standard InChI is InChI=1S/C19H20F3N3O4.2ClH/c1-28-17-7-4-14(12-16(17)25(26)27)18(24-10-8-23-9-11-24)13-2-5-15(6-3-13)29-19(20,21)22;;/h2-7,12,18,23H,8-11H2,1H3;2*1H/t18-;;/m0../s1. The van der Waals surface area contributed by atoms with Crippen molar-refractivity contribution < 1.29 is 27.6 Å². The molecule has 1 N–H and O–H groups in total. The van der Waals surface area contributed by atoms with E-state index in [0.29, 0.717) is 24.2 Å². The third-order valence-corrected chi connectivity index (χ3v) is 4.66. The highest BCUT2D eigenvalue weighted by molar-refractivity contribution is 5.85. The van der Waals surface area contributed by atoms with Crippen LogP contribution in [0.1, 0.15) is 17.2 Å². The molecular formula is C19H22Cl2F3N3O4. The summed E-state index contributed by atoms with van der Waals surface area (Å²) in [4.78, 5) is 13.0. The lowest BCUT2D eigenvalue weighted by Gasteiger charge is -2.35. The second kappa shape index (κ2) is 11.4. The fraction of sp³-hybridized carbons (Fsp3) is 0.368. The quantitative estimate of drug-likeness (QED) is 0.486. The van der Waals surface area contributed by atoms with Gasteiger partial charge in [-0.05, 0) is 29.3 Å². The minimum absolute atomic E-state index is 0. The van der Waals surface area contributed by atoms with Gasteiger partial charge in [-0.3, -0.25) is 15.0 Å². The van der Waals surface area contributed by atoms with Crippen molar-refractivity contribution in [2.45, 2.75) is 12.4 Å². The number of methoxy groups -OCH3 is 1. The van der Waals surface area contributed by atoms with Gasteiger partial charge < -0.3 is 14.8 Å². The summed E-state index contributed by atoms with van der Waals surface area (Å²) < 4.78 is 46.3. The van der Waals surface area contributed by atoms with Crippen LogP contribution in [0.25, 0.3) is 0 Å². The molecule has 1 heterocycles. The number of nitrogens with one attached hydrogen (secondary N) is 1. The molecule has 12 heteroatoms. The molecular weight excluding hydrogens is 462 g/mol. The monoisotopic (exact) mass is 483 g/mol. The molecule has 1 fully saturated rings. The first kappa shape index (κ1) is 26.8. The molecule has 3 rings (SSSR count). The summed E-state index contributed by atoms with van der Waals surface area (Å²) in [6.45, 7) is 2.85. The molecule has 1 saturated heterocycles. The van der Waals surface area contributed by atoms with Crippen molar-refractivity contribution >= 4 is 30.5 Å². The average molecular weight is 484 g/mol. The summed E-state index contributed by atoms with van der Waals surface area (Å²) >= 11 is 0. The van der Waals surface area contributed by atoms with Gasteiger partial charge in [0.25, 0.3) is 0 Å². The number of alkyl halides is 3. The maximum absolute atomic E-state index is 12.4. The van der Waals surface area contributed by atoms with E-state index in [1.807, 2.05) is 0 Å². The Morgan fingerprint density at radius 2 is 1.65 bits per heavy atom. The van der Waals surface area contributed by atoms with Gasteiger partial charge in [-0.15, -0.1) is 38.0 Å². The molecule has 0 saturated carbocycles. The van der Waals surface area contributed by atoms with Crippen LogP contribution in [0.4, 0.5) is 18.9 Å². The maximum Gasteiger partial charge on any atom is 0.573 e. The molecule has 1 aliphatic heterocycles. The summed E-state index contributed by atoms with van der Waals surface area (Å²) in [5, 5.41) is 14.7. The van der Waals surface area contributed by atoms with Crippen LogP contribution in [0.15, 0.2) is 42.5 Å². The van der Waals surface area contributed by atoms with Crippen molar-refractivity contribution in [1.82, 2.24) is 10.2 Å². The highest BCUT2D eigenvalue weighted by Crippen LogP contribution is 2.36. The molecule has 0 amide bonds. The first-order chi connectivity index (χ1) is 13.8. The molecule has 0 aliphatic carbocycles. The Kier molecular flexibility index (Phi) is 9.82. The van der Waals surface area contributed by atoms with E-state index in [0.717, 1.165) is 13.1 Å². The van der Waals surface area contributed by atoms with Gasteiger partial charge in [0.05, 0.1) is 18.1 Å². The fourth-order valence-corrected chi connectivity index (χ4v) is 3.43. The van der Waals surface area contributed by atoms with Crippen LogP contribution in [0.5, 0.6) is 11.5 Å². The van der Waals surface area contributed by atoms with Crippen molar-refractivity contribution in [2.24, 2.45) is 0 Å². The van der Waals surface area contributed by atoms with Gasteiger partial charge in [0.1, 0.15) is 5.75 Å². The lowest BCUT2D eigenvalue weighted by atomic mass is 9.95. The molecule has 2 aromatic rings. The maximum atomic E-state index is 12.4. The fourth-order valence-electron chi connectivity index (χ4n) is 3.43. The summed E-state index contributed by atoms with van der Waals surface area (Å²) in [7, 11) is 1.36. The van der Waals surface area contributed by atoms with Crippen molar-refractivity contribution in [3.05, 3.63) is 63.7 Å². The van der Waals surface area contributed by atoms with Crippen LogP contribution in [-0.4, -0.2) is 49.5 Å². The van der Waals surface area contributed by atoms with Gasteiger partial charge in [-0.25, -0.2) is 0 Å². The lowest BCUT2D eigenvalue weighted by molar-refractivity contribution is -0.385. The number of rotatable bonds is 6. The molecule has 0 radical (unpaired) electrons. The Labute approximate surface area is 189 Å². The molecule has 172 valence electrons. The van der Waals surface area contributed by atoms with E-state index in [1.165, 1.54) is 31.4 Å². The Morgan fingerprint density at radius 1 is 1.06 bits per heavy atom. The zero-order valence-electron chi connectivity index (χ0n) is 16.4. The molecule has 2 aromatic carbocycles. The van der Waals surface area contributed by atoms with Crippen LogP contribution >= 0.6 is 24.8 Å². The van der Waals surface area contributed by atoms with Crippen LogP contribution in [0, 0.1) is 10.1 Å². The van der Waals surface area contributed by atoms with Gasteiger partial charge in [-0.2, -0.15) is 0 Å². The highest BCUT2D eigenvalue weighted by atomic mass is 35.5. The predicted molar refractivity (Wildman–Crippen MR) is 114 cm³/mol. The molecule has 1 atom stereocenters. The molecule has 7 nitrogen and oxygen atoms in total. The Bertz CT molecular complexity index is 863. The number of nitro groups is 1. The summed E-state index contributed by atoms with van der Waals surface area (Å²) in [6, 6.07) is 9.94. The Balaban J connectivity index is 0.00000240. The topological polar surface area (TPSA) is 76.9 Å². The van der Waals surface area contributed by atoms with Crippen molar-refractivity contribution in [1.29, 1.82) is 0 Å². The zero-order chi connectivity index (χ0) is 21.0. The molecule has 0 unspecified atom stereocenters. The summed E-state index contributed by atoms with van der Waals surface area (Å²) in [5.41, 5.74) is 1.20. The van der Waals surface area contributed by atoms with Crippen LogP contribution in [-0.2, 0) is 0 Å². The third kappa shape index (κ3) is 6.86. The average Bonchev–Trinajstić information content (AvgIpc) is 2.69. The Morgan fingerprint density at radius 3 is 2.16 bits per heavy atom. The smallest absolute Gasteiger partial charge is 0.490 e. The summed E-state index contributed by atoms with van der Waals surface area (Å²) in [6.07, 6.45) is -4.77. The van der Waals surface area contributed by atoms with Gasteiger partial charge >= 0.3 is 12.0 Å². The highest BCUT2D eigenvalue weighted by Gasteiger charge is 2.31. The SMILES string of the molecule is COc1ccc([C@H](c2ccc(OC(F)(F)F)cc2)N2CCNCC2)cc1[N+](=O)[O-].Cl.Cl. The van der Waals surface area contributed by atoms with Crippen molar-refractivity contribution in [2.75, 3.05) is 33.3 Å². The van der Waals surface area contributed by atoms with E-state index in [2.05, 4.69) is 15.0 Å². The van der Waals surface area contributed by atoms with Crippen LogP contribution in [0.3, 0.4) is 0 Å². The number of halogens is 5. The first-order valence-corrected chi connectivity index (χ1v) is 8.91. The minimum atomic E-state index is -4.77.